The zero-order valence-corrected chi connectivity index (χ0v) is 4.72. The van der Waals surface area contributed by atoms with Gasteiger partial charge < -0.3 is 10.2 Å². The molecule has 0 aromatic rings. The fraction of sp³-hybridized carbons (Fsp3) is 1.00. The average Bonchev–Trinajstić information content (AvgIpc) is 1.79. The summed E-state index contributed by atoms with van der Waals surface area (Å²) in [6.07, 6.45) is -3.68. The average molecular weight is 138 g/mol. The standard InChI is InChI=1S/C5H8F2O2/c6-5(7)1-3(8)4(9)2-5/h3-4,8-9H,1-2H2/t3-,4-/m1/s1. The van der Waals surface area contributed by atoms with Crippen LogP contribution < -0.4 is 0 Å². The van der Waals surface area contributed by atoms with Gasteiger partial charge in [0, 0.05) is 12.8 Å². The molecule has 0 heterocycles. The van der Waals surface area contributed by atoms with Crippen LogP contribution in [0.3, 0.4) is 0 Å². The third kappa shape index (κ3) is 1.37. The Balaban J connectivity index is 2.54. The molecule has 2 nitrogen and oxygen atoms in total. The fourth-order valence-electron chi connectivity index (χ4n) is 0.967. The molecule has 1 saturated carbocycles. The molecule has 0 radical (unpaired) electrons. The Kier molecular flexibility index (Phi) is 1.44. The van der Waals surface area contributed by atoms with Gasteiger partial charge in [0.25, 0.3) is 5.92 Å². The van der Waals surface area contributed by atoms with Gasteiger partial charge >= 0.3 is 0 Å². The zero-order valence-electron chi connectivity index (χ0n) is 4.72. The fourth-order valence-corrected chi connectivity index (χ4v) is 0.967. The van der Waals surface area contributed by atoms with E-state index < -0.39 is 31.0 Å². The summed E-state index contributed by atoms with van der Waals surface area (Å²) in [7, 11) is 0. The van der Waals surface area contributed by atoms with Gasteiger partial charge in [-0.25, -0.2) is 8.78 Å². The van der Waals surface area contributed by atoms with E-state index in [2.05, 4.69) is 0 Å². The third-order valence-corrected chi connectivity index (χ3v) is 1.46. The summed E-state index contributed by atoms with van der Waals surface area (Å²) in [5, 5.41) is 17.2. The summed E-state index contributed by atoms with van der Waals surface area (Å²) in [6, 6.07) is 0. The Morgan fingerprint density at radius 1 is 1.11 bits per heavy atom. The van der Waals surface area contributed by atoms with Crippen molar-refractivity contribution in [1.82, 2.24) is 0 Å². The lowest BCUT2D eigenvalue weighted by Gasteiger charge is -2.03. The summed E-state index contributed by atoms with van der Waals surface area (Å²) in [6.45, 7) is 0. The molecule has 0 unspecified atom stereocenters. The van der Waals surface area contributed by atoms with Crippen LogP contribution in [0.2, 0.25) is 0 Å². The minimum Gasteiger partial charge on any atom is -0.390 e. The number of hydrogen-bond donors (Lipinski definition) is 2. The first-order valence-electron chi connectivity index (χ1n) is 2.75. The van der Waals surface area contributed by atoms with Crippen LogP contribution in [-0.4, -0.2) is 28.3 Å². The predicted octanol–water partition coefficient (Wildman–Crippen LogP) is 0.137. The maximum absolute atomic E-state index is 12.1. The van der Waals surface area contributed by atoms with Gasteiger partial charge in [-0.15, -0.1) is 0 Å². The number of aliphatic hydroxyl groups is 2. The summed E-state index contributed by atoms with van der Waals surface area (Å²) in [4.78, 5) is 0. The van der Waals surface area contributed by atoms with Crippen LogP contribution in [0, 0.1) is 0 Å². The molecule has 0 spiro atoms. The molecule has 1 aliphatic rings. The Morgan fingerprint density at radius 2 is 1.44 bits per heavy atom. The second kappa shape index (κ2) is 1.88. The van der Waals surface area contributed by atoms with E-state index in [9.17, 15) is 8.78 Å². The first-order valence-corrected chi connectivity index (χ1v) is 2.75. The molecular weight excluding hydrogens is 130 g/mol. The first kappa shape index (κ1) is 6.89. The second-order valence-electron chi connectivity index (χ2n) is 2.40. The normalized spacial score (nSPS) is 41.3. The highest BCUT2D eigenvalue weighted by Crippen LogP contribution is 2.34. The molecule has 4 heteroatoms. The molecule has 1 rings (SSSR count). The lowest BCUT2D eigenvalue weighted by Crippen LogP contribution is -2.17. The van der Waals surface area contributed by atoms with E-state index in [-0.39, 0.29) is 0 Å². The van der Waals surface area contributed by atoms with Crippen LogP contribution in [0.15, 0.2) is 0 Å². The first-order chi connectivity index (χ1) is 4.01. The molecule has 54 valence electrons. The minimum absolute atomic E-state index is 0.603. The maximum atomic E-state index is 12.1. The van der Waals surface area contributed by atoms with Crippen molar-refractivity contribution in [2.45, 2.75) is 31.0 Å². The van der Waals surface area contributed by atoms with Crippen molar-refractivity contribution in [2.75, 3.05) is 0 Å². The SMILES string of the molecule is O[C@@H]1CC(F)(F)C[C@H]1O. The van der Waals surface area contributed by atoms with Crippen molar-refractivity contribution in [3.8, 4) is 0 Å². The third-order valence-electron chi connectivity index (χ3n) is 1.46. The summed E-state index contributed by atoms with van der Waals surface area (Å²) >= 11 is 0. The smallest absolute Gasteiger partial charge is 0.253 e. The van der Waals surface area contributed by atoms with Crippen LogP contribution >= 0.6 is 0 Å². The molecule has 0 saturated heterocycles. The van der Waals surface area contributed by atoms with Gasteiger partial charge in [-0.3, -0.25) is 0 Å². The highest BCUT2D eigenvalue weighted by Gasteiger charge is 2.44. The van der Waals surface area contributed by atoms with E-state index >= 15 is 0 Å². The molecule has 2 N–H and O–H groups in total. The summed E-state index contributed by atoms with van der Waals surface area (Å²) < 4.78 is 24.3. The van der Waals surface area contributed by atoms with E-state index in [4.69, 9.17) is 10.2 Å². The van der Waals surface area contributed by atoms with Crippen LogP contribution in [0.1, 0.15) is 12.8 Å². The van der Waals surface area contributed by atoms with E-state index in [1.807, 2.05) is 0 Å². The van der Waals surface area contributed by atoms with Gasteiger partial charge in [0.15, 0.2) is 0 Å². The molecule has 0 bridgehead atoms. The minimum atomic E-state index is -2.86. The number of halogens is 2. The van der Waals surface area contributed by atoms with Gasteiger partial charge in [-0.05, 0) is 0 Å². The molecule has 0 aliphatic heterocycles. The Labute approximate surface area is 51.1 Å². The van der Waals surface area contributed by atoms with Crippen molar-refractivity contribution in [1.29, 1.82) is 0 Å². The molecule has 9 heavy (non-hydrogen) atoms. The van der Waals surface area contributed by atoms with Crippen LogP contribution in [0.25, 0.3) is 0 Å². The van der Waals surface area contributed by atoms with Gasteiger partial charge in [-0.2, -0.15) is 0 Å². The largest absolute Gasteiger partial charge is 0.390 e. The molecular formula is C5H8F2O2. The van der Waals surface area contributed by atoms with Crippen LogP contribution in [-0.2, 0) is 0 Å². The summed E-state index contributed by atoms with van der Waals surface area (Å²) in [5.74, 6) is -2.86. The monoisotopic (exact) mass is 138 g/mol. The van der Waals surface area contributed by atoms with E-state index in [1.54, 1.807) is 0 Å². The van der Waals surface area contributed by atoms with Crippen molar-refractivity contribution in [2.24, 2.45) is 0 Å². The molecule has 2 atom stereocenters. The maximum Gasteiger partial charge on any atom is 0.253 e. The predicted molar refractivity (Wildman–Crippen MR) is 26.2 cm³/mol. The van der Waals surface area contributed by atoms with E-state index in [1.165, 1.54) is 0 Å². The van der Waals surface area contributed by atoms with Crippen LogP contribution in [0.4, 0.5) is 8.78 Å². The van der Waals surface area contributed by atoms with Crippen LogP contribution in [0.5, 0.6) is 0 Å². The summed E-state index contributed by atoms with van der Waals surface area (Å²) in [5.41, 5.74) is 0. The van der Waals surface area contributed by atoms with Gasteiger partial charge in [0.1, 0.15) is 0 Å². The number of rotatable bonds is 0. The van der Waals surface area contributed by atoms with Gasteiger partial charge in [-0.1, -0.05) is 0 Å². The lowest BCUT2D eigenvalue weighted by atomic mass is 10.3. The second-order valence-corrected chi connectivity index (χ2v) is 2.40. The molecule has 1 fully saturated rings. The van der Waals surface area contributed by atoms with Gasteiger partial charge in [0.05, 0.1) is 12.2 Å². The molecule has 0 aromatic carbocycles. The quantitative estimate of drug-likeness (QED) is 0.499. The Hall–Kier alpha value is -0.220. The van der Waals surface area contributed by atoms with E-state index in [0.717, 1.165) is 0 Å². The highest BCUT2D eigenvalue weighted by atomic mass is 19.3. The molecule has 0 aromatic heterocycles. The topological polar surface area (TPSA) is 40.5 Å². The Morgan fingerprint density at radius 3 is 1.56 bits per heavy atom. The molecule has 0 amide bonds. The lowest BCUT2D eigenvalue weighted by molar-refractivity contribution is -0.00550. The van der Waals surface area contributed by atoms with Gasteiger partial charge in [0.2, 0.25) is 0 Å². The van der Waals surface area contributed by atoms with Crippen molar-refractivity contribution < 1.29 is 19.0 Å². The number of hydrogen-bond acceptors (Lipinski definition) is 2. The number of alkyl halides is 2. The zero-order chi connectivity index (χ0) is 7.07. The molecule has 1 aliphatic carbocycles. The van der Waals surface area contributed by atoms with Crippen molar-refractivity contribution >= 4 is 0 Å². The Bertz CT molecular complexity index is 104. The van der Waals surface area contributed by atoms with Crippen molar-refractivity contribution in [3.05, 3.63) is 0 Å². The number of aliphatic hydroxyl groups excluding tert-OH is 2. The highest BCUT2D eigenvalue weighted by molar-refractivity contribution is 4.87. The van der Waals surface area contributed by atoms with E-state index in [0.29, 0.717) is 0 Å². The van der Waals surface area contributed by atoms with Crippen molar-refractivity contribution in [3.63, 3.8) is 0 Å².